The number of nitrogens with zero attached hydrogens (tertiary/aromatic N) is 1. The summed E-state index contributed by atoms with van der Waals surface area (Å²) in [5.74, 6) is -0.150. The number of carbonyl (C=O) groups is 1. The van der Waals surface area contributed by atoms with Crippen LogP contribution in [0, 0.1) is 5.82 Å². The van der Waals surface area contributed by atoms with Crippen molar-refractivity contribution >= 4 is 17.5 Å². The molecule has 0 unspecified atom stereocenters. The molecule has 0 aromatic heterocycles. The molecule has 0 aliphatic heterocycles. The molecular weight excluding hydrogens is 301 g/mol. The molecule has 0 bridgehead atoms. The summed E-state index contributed by atoms with van der Waals surface area (Å²) in [6.07, 6.45) is 2.47. The summed E-state index contributed by atoms with van der Waals surface area (Å²) >= 11 is 5.87. The Bertz CT molecular complexity index is 650. The number of hydrogen-bond acceptors (Lipinski definition) is 1. The van der Waals surface area contributed by atoms with Gasteiger partial charge in [-0.1, -0.05) is 35.9 Å². The van der Waals surface area contributed by atoms with Gasteiger partial charge in [-0.05, 0) is 48.2 Å². The molecule has 1 saturated carbocycles. The number of hydrogen-bond donors (Lipinski definition) is 0. The standard InChI is InChI=1S/C18H17ClFNO/c19-15-5-1-13(2-6-15)11-18(22)21(17-9-10-17)12-14-3-7-16(20)8-4-14/h1-8,17H,9-12H2. The van der Waals surface area contributed by atoms with Crippen LogP contribution in [0.25, 0.3) is 0 Å². The number of halogens is 2. The average molecular weight is 318 g/mol. The van der Waals surface area contributed by atoms with E-state index >= 15 is 0 Å². The molecule has 1 amide bonds. The molecular formula is C18H17ClFNO. The Hall–Kier alpha value is -1.87. The highest BCUT2D eigenvalue weighted by Gasteiger charge is 2.32. The maximum atomic E-state index is 13.0. The second kappa shape index (κ2) is 6.49. The van der Waals surface area contributed by atoms with Crippen LogP contribution in [0.4, 0.5) is 4.39 Å². The summed E-state index contributed by atoms with van der Waals surface area (Å²) < 4.78 is 13.0. The molecule has 1 fully saturated rings. The monoisotopic (exact) mass is 317 g/mol. The smallest absolute Gasteiger partial charge is 0.227 e. The molecule has 1 aliphatic rings. The van der Waals surface area contributed by atoms with Crippen LogP contribution in [0.15, 0.2) is 48.5 Å². The summed E-state index contributed by atoms with van der Waals surface area (Å²) in [5, 5.41) is 0.668. The van der Waals surface area contributed by atoms with Crippen molar-refractivity contribution in [3.05, 3.63) is 70.5 Å². The summed E-state index contributed by atoms with van der Waals surface area (Å²) in [5.41, 5.74) is 1.91. The van der Waals surface area contributed by atoms with Crippen LogP contribution in [-0.4, -0.2) is 16.8 Å². The largest absolute Gasteiger partial charge is 0.335 e. The summed E-state index contributed by atoms with van der Waals surface area (Å²) in [6.45, 7) is 0.539. The number of amides is 1. The maximum absolute atomic E-state index is 13.0. The lowest BCUT2D eigenvalue weighted by Crippen LogP contribution is -2.33. The fraction of sp³-hybridized carbons (Fsp3) is 0.278. The van der Waals surface area contributed by atoms with Gasteiger partial charge >= 0.3 is 0 Å². The van der Waals surface area contributed by atoms with Gasteiger partial charge in [0.05, 0.1) is 6.42 Å². The molecule has 114 valence electrons. The van der Waals surface area contributed by atoms with Crippen molar-refractivity contribution < 1.29 is 9.18 Å². The molecule has 2 nitrogen and oxygen atoms in total. The van der Waals surface area contributed by atoms with E-state index in [-0.39, 0.29) is 11.7 Å². The summed E-state index contributed by atoms with van der Waals surface area (Å²) in [7, 11) is 0. The Labute approximate surface area is 134 Å². The first-order valence-corrected chi connectivity index (χ1v) is 7.78. The fourth-order valence-electron chi connectivity index (χ4n) is 2.47. The third kappa shape index (κ3) is 3.86. The molecule has 0 atom stereocenters. The van der Waals surface area contributed by atoms with Crippen molar-refractivity contribution in [3.8, 4) is 0 Å². The molecule has 2 aromatic rings. The van der Waals surface area contributed by atoms with Gasteiger partial charge < -0.3 is 4.90 Å². The van der Waals surface area contributed by atoms with Gasteiger partial charge in [-0.15, -0.1) is 0 Å². The van der Waals surface area contributed by atoms with E-state index in [2.05, 4.69) is 0 Å². The Balaban J connectivity index is 1.69. The minimum Gasteiger partial charge on any atom is -0.335 e. The first kappa shape index (κ1) is 15.0. The molecule has 0 saturated heterocycles. The van der Waals surface area contributed by atoms with E-state index in [1.807, 2.05) is 17.0 Å². The fourth-order valence-corrected chi connectivity index (χ4v) is 2.60. The normalized spacial score (nSPS) is 13.9. The van der Waals surface area contributed by atoms with Crippen LogP contribution < -0.4 is 0 Å². The third-order valence-corrected chi connectivity index (χ3v) is 4.09. The van der Waals surface area contributed by atoms with Crippen molar-refractivity contribution in [2.45, 2.75) is 31.8 Å². The van der Waals surface area contributed by atoms with Crippen molar-refractivity contribution in [2.24, 2.45) is 0 Å². The Kier molecular flexibility index (Phi) is 4.44. The molecule has 0 heterocycles. The molecule has 1 aliphatic carbocycles. The van der Waals surface area contributed by atoms with E-state index in [0.29, 0.717) is 24.0 Å². The molecule has 0 spiro atoms. The van der Waals surface area contributed by atoms with Crippen molar-refractivity contribution in [3.63, 3.8) is 0 Å². The van der Waals surface area contributed by atoms with Crippen molar-refractivity contribution in [2.75, 3.05) is 0 Å². The first-order chi connectivity index (χ1) is 10.6. The van der Waals surface area contributed by atoms with Gasteiger partial charge in [-0.25, -0.2) is 4.39 Å². The highest BCUT2D eigenvalue weighted by atomic mass is 35.5. The Morgan fingerprint density at radius 2 is 1.64 bits per heavy atom. The zero-order valence-electron chi connectivity index (χ0n) is 12.1. The van der Waals surface area contributed by atoms with E-state index in [0.717, 1.165) is 24.0 Å². The van der Waals surface area contributed by atoms with Gasteiger partial charge in [0.2, 0.25) is 5.91 Å². The van der Waals surface area contributed by atoms with E-state index in [1.54, 1.807) is 24.3 Å². The van der Waals surface area contributed by atoms with Crippen molar-refractivity contribution in [1.82, 2.24) is 4.90 Å². The summed E-state index contributed by atoms with van der Waals surface area (Å²) in [6, 6.07) is 14.0. The van der Waals surface area contributed by atoms with E-state index < -0.39 is 0 Å². The average Bonchev–Trinajstić information content (AvgIpc) is 3.33. The van der Waals surface area contributed by atoms with E-state index in [1.165, 1.54) is 12.1 Å². The number of carbonyl (C=O) groups excluding carboxylic acids is 1. The van der Waals surface area contributed by atoms with Crippen LogP contribution >= 0.6 is 11.6 Å². The highest BCUT2D eigenvalue weighted by Crippen LogP contribution is 2.29. The molecule has 2 aromatic carbocycles. The lowest BCUT2D eigenvalue weighted by Gasteiger charge is -2.22. The first-order valence-electron chi connectivity index (χ1n) is 7.40. The van der Waals surface area contributed by atoms with E-state index in [9.17, 15) is 9.18 Å². The highest BCUT2D eigenvalue weighted by molar-refractivity contribution is 6.30. The van der Waals surface area contributed by atoms with Crippen molar-refractivity contribution in [1.29, 1.82) is 0 Å². The lowest BCUT2D eigenvalue weighted by atomic mass is 10.1. The second-order valence-corrected chi connectivity index (χ2v) is 6.12. The van der Waals surface area contributed by atoms with Gasteiger partial charge in [0.15, 0.2) is 0 Å². The quantitative estimate of drug-likeness (QED) is 0.809. The van der Waals surface area contributed by atoms with E-state index in [4.69, 9.17) is 11.6 Å². The molecule has 0 radical (unpaired) electrons. The van der Waals surface area contributed by atoms with Crippen LogP contribution in [0.2, 0.25) is 5.02 Å². The van der Waals surface area contributed by atoms with Gasteiger partial charge in [0.1, 0.15) is 5.82 Å². The maximum Gasteiger partial charge on any atom is 0.227 e. The third-order valence-electron chi connectivity index (χ3n) is 3.84. The predicted molar refractivity (Wildman–Crippen MR) is 85.1 cm³/mol. The van der Waals surface area contributed by atoms with Gasteiger partial charge in [0, 0.05) is 17.6 Å². The van der Waals surface area contributed by atoms with Crippen LogP contribution in [0.3, 0.4) is 0 Å². The molecule has 22 heavy (non-hydrogen) atoms. The number of benzene rings is 2. The zero-order valence-corrected chi connectivity index (χ0v) is 12.9. The van der Waals surface area contributed by atoms with Crippen LogP contribution in [-0.2, 0) is 17.8 Å². The van der Waals surface area contributed by atoms with Gasteiger partial charge in [0.25, 0.3) is 0 Å². The molecule has 4 heteroatoms. The van der Waals surface area contributed by atoms with Crippen LogP contribution in [0.5, 0.6) is 0 Å². The topological polar surface area (TPSA) is 20.3 Å². The molecule has 0 N–H and O–H groups in total. The lowest BCUT2D eigenvalue weighted by molar-refractivity contribution is -0.131. The zero-order chi connectivity index (χ0) is 15.5. The van der Waals surface area contributed by atoms with Crippen LogP contribution in [0.1, 0.15) is 24.0 Å². The van der Waals surface area contributed by atoms with Gasteiger partial charge in [-0.3, -0.25) is 4.79 Å². The summed E-state index contributed by atoms with van der Waals surface area (Å²) in [4.78, 5) is 14.5. The SMILES string of the molecule is O=C(Cc1ccc(Cl)cc1)N(Cc1ccc(F)cc1)C1CC1. The number of rotatable bonds is 5. The Morgan fingerprint density at radius 1 is 1.05 bits per heavy atom. The minimum absolute atomic E-state index is 0.106. The van der Waals surface area contributed by atoms with Gasteiger partial charge in [-0.2, -0.15) is 0 Å². The second-order valence-electron chi connectivity index (χ2n) is 5.68. The Morgan fingerprint density at radius 3 is 2.23 bits per heavy atom. The predicted octanol–water partition coefficient (Wildman–Crippen LogP) is 4.21. The molecule has 3 rings (SSSR count). The minimum atomic E-state index is -0.255.